The molecule has 2 aromatic heterocycles. The van der Waals surface area contributed by atoms with Crippen LogP contribution in [0.5, 0.6) is 5.75 Å². The van der Waals surface area contributed by atoms with E-state index in [2.05, 4.69) is 10.1 Å². The predicted octanol–water partition coefficient (Wildman–Crippen LogP) is 7.52. The number of hydrogen-bond donors (Lipinski definition) is 2. The number of halogens is 4. The van der Waals surface area contributed by atoms with E-state index in [1.807, 2.05) is 30.5 Å². The van der Waals surface area contributed by atoms with E-state index in [1.165, 1.54) is 35.2 Å². The van der Waals surface area contributed by atoms with E-state index < -0.39 is 11.4 Å². The maximum Gasteiger partial charge on any atom is 0.257 e. The molecule has 3 aromatic carbocycles. The number of nitrogens with one attached hydrogen (secondary N) is 1. The predicted molar refractivity (Wildman–Crippen MR) is 157 cm³/mol. The first-order valence-electron chi connectivity index (χ1n) is 12.3. The number of aromatic nitrogens is 2. The lowest BCUT2D eigenvalue weighted by atomic mass is 10.0. The number of fused-ring (bicyclic) bond motifs is 1. The van der Waals surface area contributed by atoms with Gasteiger partial charge in [0.1, 0.15) is 18.2 Å². The van der Waals surface area contributed by atoms with Crippen molar-refractivity contribution in [2.24, 2.45) is 5.16 Å². The normalized spacial score (nSPS) is 11.5. The fraction of sp³-hybridized carbons (Fsp3) is 0.133. The molecule has 0 fully saturated rings. The molecule has 40 heavy (non-hydrogen) atoms. The number of aryl methyl sites for hydroxylation is 2. The van der Waals surface area contributed by atoms with Gasteiger partial charge in [0.25, 0.3) is 5.56 Å². The van der Waals surface area contributed by atoms with Crippen LogP contribution >= 0.6 is 34.8 Å². The van der Waals surface area contributed by atoms with Gasteiger partial charge in [-0.25, -0.2) is 4.39 Å². The molecule has 0 amide bonds. The number of oxime groups is 1. The second-order valence-corrected chi connectivity index (χ2v) is 10.4. The van der Waals surface area contributed by atoms with E-state index in [0.29, 0.717) is 28.6 Å². The molecule has 0 aliphatic heterocycles. The number of pyridine rings is 1. The third-order valence-electron chi connectivity index (χ3n) is 6.59. The van der Waals surface area contributed by atoms with Gasteiger partial charge in [-0.2, -0.15) is 0 Å². The lowest BCUT2D eigenvalue weighted by Crippen LogP contribution is -2.26. The van der Waals surface area contributed by atoms with Crippen molar-refractivity contribution in [1.82, 2.24) is 9.55 Å². The van der Waals surface area contributed by atoms with Gasteiger partial charge in [-0.1, -0.05) is 70.3 Å². The summed E-state index contributed by atoms with van der Waals surface area (Å²) in [7, 11) is 0. The third-order valence-corrected chi connectivity index (χ3v) is 7.53. The molecule has 0 atom stereocenters. The van der Waals surface area contributed by atoms with Crippen LogP contribution in [-0.2, 0) is 30.8 Å². The Balaban J connectivity index is 1.46. The summed E-state index contributed by atoms with van der Waals surface area (Å²) < 4.78 is 16.1. The van der Waals surface area contributed by atoms with Crippen molar-refractivity contribution in [2.45, 2.75) is 26.0 Å². The molecule has 6 nitrogen and oxygen atoms in total. The van der Waals surface area contributed by atoms with Crippen molar-refractivity contribution in [3.63, 3.8) is 0 Å². The molecule has 0 spiro atoms. The van der Waals surface area contributed by atoms with E-state index in [0.717, 1.165) is 16.5 Å². The van der Waals surface area contributed by atoms with Gasteiger partial charge >= 0.3 is 0 Å². The second kappa shape index (κ2) is 12.2. The van der Waals surface area contributed by atoms with Crippen LogP contribution in [0.2, 0.25) is 15.1 Å². The molecule has 10 heteroatoms. The van der Waals surface area contributed by atoms with Crippen LogP contribution in [0, 0.1) is 5.82 Å². The molecule has 0 aliphatic rings. The van der Waals surface area contributed by atoms with Crippen molar-refractivity contribution in [3.05, 3.63) is 132 Å². The zero-order chi connectivity index (χ0) is 28.2. The second-order valence-electron chi connectivity index (χ2n) is 9.14. The van der Waals surface area contributed by atoms with Gasteiger partial charge in [-0.05, 0) is 42.3 Å². The molecule has 5 aromatic rings. The largest absolute Gasteiger partial charge is 0.507 e. The summed E-state index contributed by atoms with van der Waals surface area (Å²) in [4.78, 5) is 22.1. The smallest absolute Gasteiger partial charge is 0.257 e. The highest BCUT2D eigenvalue weighted by molar-refractivity contribution is 6.35. The maximum atomic E-state index is 14.6. The summed E-state index contributed by atoms with van der Waals surface area (Å²) in [5, 5.41) is 17.2. The maximum absolute atomic E-state index is 14.6. The highest BCUT2D eigenvalue weighted by Crippen LogP contribution is 2.27. The Labute approximate surface area is 244 Å². The molecule has 0 saturated heterocycles. The molecule has 2 heterocycles. The average Bonchev–Trinajstić information content (AvgIpc) is 3.35. The SMILES string of the molecule is O=c1c(Cc2c(F)cccc2Cl)c(O)c(/C=N/OCc2ccc(Cl)cc2Cl)cn1CCc1c[nH]c2ccccc12. The fourth-order valence-corrected chi connectivity index (χ4v) is 5.15. The Kier molecular flexibility index (Phi) is 8.45. The molecule has 0 aliphatic carbocycles. The van der Waals surface area contributed by atoms with Crippen molar-refractivity contribution >= 4 is 51.9 Å². The topological polar surface area (TPSA) is 79.6 Å². The number of hydrogen-bond acceptors (Lipinski definition) is 4. The van der Waals surface area contributed by atoms with E-state index >= 15 is 0 Å². The quantitative estimate of drug-likeness (QED) is 0.136. The van der Waals surface area contributed by atoms with Crippen LogP contribution in [0.1, 0.15) is 27.8 Å². The number of H-pyrrole nitrogens is 1. The first-order chi connectivity index (χ1) is 19.3. The molecule has 0 unspecified atom stereocenters. The number of rotatable bonds is 9. The number of para-hydroxylation sites is 1. The first-order valence-corrected chi connectivity index (χ1v) is 13.5. The van der Waals surface area contributed by atoms with Gasteiger partial charge in [-0.3, -0.25) is 4.79 Å². The Morgan fingerprint density at radius 2 is 1.82 bits per heavy atom. The number of benzene rings is 3. The van der Waals surface area contributed by atoms with Gasteiger partial charge in [-0.15, -0.1) is 0 Å². The van der Waals surface area contributed by atoms with Crippen molar-refractivity contribution in [1.29, 1.82) is 0 Å². The third kappa shape index (κ3) is 6.02. The lowest BCUT2D eigenvalue weighted by molar-refractivity contribution is 0.132. The summed E-state index contributed by atoms with van der Waals surface area (Å²) in [6.07, 6.45) is 5.05. The molecular weight excluding hydrogens is 576 g/mol. The van der Waals surface area contributed by atoms with Gasteiger partial charge in [0.15, 0.2) is 0 Å². The lowest BCUT2D eigenvalue weighted by Gasteiger charge is -2.14. The molecule has 0 radical (unpaired) electrons. The standard InChI is InChI=1S/C30H23Cl3FN3O3/c31-21-9-8-19(26(33)12-21)17-40-36-15-20-16-37(11-10-18-14-35-28-7-2-1-4-22(18)28)30(39)24(29(20)38)13-23-25(32)5-3-6-27(23)34/h1-9,12,14-16,35,38H,10-11,13,17H2/b36-15+. The number of nitrogens with zero attached hydrogens (tertiary/aromatic N) is 2. The van der Waals surface area contributed by atoms with Gasteiger partial charge in [0, 0.05) is 62.5 Å². The highest BCUT2D eigenvalue weighted by Gasteiger charge is 2.19. The summed E-state index contributed by atoms with van der Waals surface area (Å²) in [5.41, 5.74) is 2.58. The molecule has 5 rings (SSSR count). The van der Waals surface area contributed by atoms with Crippen LogP contribution in [0.4, 0.5) is 4.39 Å². The highest BCUT2D eigenvalue weighted by atomic mass is 35.5. The Morgan fingerprint density at radius 3 is 2.62 bits per heavy atom. The summed E-state index contributed by atoms with van der Waals surface area (Å²) in [6.45, 7) is 0.367. The van der Waals surface area contributed by atoms with Crippen LogP contribution in [0.3, 0.4) is 0 Å². The summed E-state index contributed by atoms with van der Waals surface area (Å²) >= 11 is 18.4. The van der Waals surface area contributed by atoms with Crippen molar-refractivity contribution < 1.29 is 14.3 Å². The Hall–Kier alpha value is -3.78. The van der Waals surface area contributed by atoms with Gasteiger partial charge in [0.05, 0.1) is 17.3 Å². The fourth-order valence-electron chi connectivity index (χ4n) is 4.45. The van der Waals surface area contributed by atoms with E-state index in [9.17, 15) is 14.3 Å². The minimum Gasteiger partial charge on any atom is -0.507 e. The van der Waals surface area contributed by atoms with Crippen molar-refractivity contribution in [3.8, 4) is 5.75 Å². The summed E-state index contributed by atoms with van der Waals surface area (Å²) in [6, 6.07) is 17.2. The molecule has 2 N–H and O–H groups in total. The van der Waals surface area contributed by atoms with Crippen LogP contribution in [-0.4, -0.2) is 20.9 Å². The monoisotopic (exact) mass is 597 g/mol. The molecule has 0 bridgehead atoms. The van der Waals surface area contributed by atoms with E-state index in [4.69, 9.17) is 39.6 Å². The molecule has 0 saturated carbocycles. The van der Waals surface area contributed by atoms with Gasteiger partial charge < -0.3 is 19.5 Å². The van der Waals surface area contributed by atoms with Crippen LogP contribution in [0.15, 0.2) is 83.0 Å². The minimum atomic E-state index is -0.570. The summed E-state index contributed by atoms with van der Waals surface area (Å²) in [5.74, 6) is -0.900. The van der Waals surface area contributed by atoms with Gasteiger partial charge in [0.2, 0.25) is 0 Å². The Bertz CT molecular complexity index is 1760. The minimum absolute atomic E-state index is 0.00405. The van der Waals surface area contributed by atoms with Crippen molar-refractivity contribution in [2.75, 3.05) is 0 Å². The Morgan fingerprint density at radius 1 is 1.00 bits per heavy atom. The average molecular weight is 599 g/mol. The molecule has 204 valence electrons. The zero-order valence-electron chi connectivity index (χ0n) is 21.0. The van der Waals surface area contributed by atoms with Crippen LogP contribution in [0.25, 0.3) is 10.9 Å². The number of aromatic amines is 1. The molecular formula is C30H23Cl3FN3O3. The number of aromatic hydroxyl groups is 1. The van der Waals surface area contributed by atoms with E-state index in [1.54, 1.807) is 18.2 Å². The van der Waals surface area contributed by atoms with E-state index in [-0.39, 0.29) is 40.5 Å². The first kappa shape index (κ1) is 27.8. The zero-order valence-corrected chi connectivity index (χ0v) is 23.3. The van der Waals surface area contributed by atoms with Crippen LogP contribution < -0.4 is 5.56 Å².